The van der Waals surface area contributed by atoms with Crippen molar-refractivity contribution in [1.82, 2.24) is 4.72 Å². The zero-order valence-electron chi connectivity index (χ0n) is 16.7. The van der Waals surface area contributed by atoms with Gasteiger partial charge in [-0.25, -0.2) is 8.42 Å². The Morgan fingerprint density at radius 1 is 1.10 bits per heavy atom. The summed E-state index contributed by atoms with van der Waals surface area (Å²) in [7, 11) is -2.40. The van der Waals surface area contributed by atoms with Crippen molar-refractivity contribution in [2.45, 2.75) is 17.4 Å². The van der Waals surface area contributed by atoms with Crippen LogP contribution in [-0.4, -0.2) is 52.1 Å². The van der Waals surface area contributed by atoms with E-state index in [0.29, 0.717) is 17.2 Å². The predicted octanol–water partition coefficient (Wildman–Crippen LogP) is 2.28. The van der Waals surface area contributed by atoms with Crippen molar-refractivity contribution in [2.75, 3.05) is 31.0 Å². The molecule has 30 heavy (non-hydrogen) atoms. The summed E-state index contributed by atoms with van der Waals surface area (Å²) in [4.78, 5) is 24.6. The van der Waals surface area contributed by atoms with Crippen molar-refractivity contribution in [3.8, 4) is 5.75 Å². The second-order valence-corrected chi connectivity index (χ2v) is 8.86. The van der Waals surface area contributed by atoms with Crippen molar-refractivity contribution >= 4 is 39.3 Å². The van der Waals surface area contributed by atoms with Crippen LogP contribution in [0.25, 0.3) is 0 Å². The van der Waals surface area contributed by atoms with Gasteiger partial charge in [0.2, 0.25) is 10.0 Å². The highest BCUT2D eigenvalue weighted by atomic mass is 32.2. The lowest BCUT2D eigenvalue weighted by Crippen LogP contribution is -2.43. The zero-order chi connectivity index (χ0) is 22.0. The summed E-state index contributed by atoms with van der Waals surface area (Å²) in [5.74, 6) is -0.264. The molecule has 10 heteroatoms. The van der Waals surface area contributed by atoms with Crippen LogP contribution in [0.1, 0.15) is 6.42 Å². The number of hydrogen-bond donors (Lipinski definition) is 2. The van der Waals surface area contributed by atoms with Crippen molar-refractivity contribution in [3.05, 3.63) is 54.6 Å². The molecule has 0 aliphatic carbocycles. The van der Waals surface area contributed by atoms with Crippen LogP contribution < -0.4 is 14.8 Å². The molecule has 2 aromatic rings. The van der Waals surface area contributed by atoms with Gasteiger partial charge in [0.05, 0.1) is 12.0 Å². The number of nitrogens with one attached hydrogen (secondary N) is 2. The standard InChI is InChI=1S/C20H24N2O6S2/c1-27-16-8-6-7-15(13-16)21-19(23)14-28-20(24)18(11-12-29-2)22-30(25,26)17-9-4-3-5-10-17/h3-10,13,18,22H,11-12,14H2,1-2H3,(H,21,23). The Hall–Kier alpha value is -2.56. The van der Waals surface area contributed by atoms with E-state index in [9.17, 15) is 18.0 Å². The number of ether oxygens (including phenoxy) is 2. The first kappa shape index (κ1) is 23.7. The van der Waals surface area contributed by atoms with E-state index in [1.54, 1.807) is 42.5 Å². The lowest BCUT2D eigenvalue weighted by atomic mass is 10.2. The Morgan fingerprint density at radius 3 is 2.50 bits per heavy atom. The number of esters is 1. The van der Waals surface area contributed by atoms with Gasteiger partial charge in [-0.05, 0) is 42.7 Å². The summed E-state index contributed by atoms with van der Waals surface area (Å²) in [5, 5.41) is 2.59. The monoisotopic (exact) mass is 452 g/mol. The normalized spacial score (nSPS) is 12.1. The molecule has 0 aliphatic rings. The molecule has 0 radical (unpaired) electrons. The van der Waals surface area contributed by atoms with Crippen LogP contribution in [0.15, 0.2) is 59.5 Å². The lowest BCUT2D eigenvalue weighted by molar-refractivity contribution is -0.149. The van der Waals surface area contributed by atoms with E-state index in [1.807, 2.05) is 6.26 Å². The first-order chi connectivity index (χ1) is 14.4. The Labute approximate surface area is 180 Å². The maximum atomic E-state index is 12.5. The van der Waals surface area contributed by atoms with Gasteiger partial charge < -0.3 is 14.8 Å². The molecule has 1 unspecified atom stereocenters. The van der Waals surface area contributed by atoms with Crippen LogP contribution in [0.3, 0.4) is 0 Å². The zero-order valence-corrected chi connectivity index (χ0v) is 18.3. The Morgan fingerprint density at radius 2 is 1.83 bits per heavy atom. The third-order valence-corrected chi connectivity index (χ3v) is 6.08. The topological polar surface area (TPSA) is 111 Å². The highest BCUT2D eigenvalue weighted by molar-refractivity contribution is 7.98. The summed E-state index contributed by atoms with van der Waals surface area (Å²) >= 11 is 1.47. The van der Waals surface area contributed by atoms with E-state index in [1.165, 1.54) is 31.0 Å². The van der Waals surface area contributed by atoms with Crippen molar-refractivity contribution in [2.24, 2.45) is 0 Å². The minimum atomic E-state index is -3.90. The second-order valence-electron chi connectivity index (χ2n) is 6.16. The molecule has 2 rings (SSSR count). The summed E-state index contributed by atoms with van der Waals surface area (Å²) in [5.41, 5.74) is 0.485. The van der Waals surface area contributed by atoms with E-state index in [0.717, 1.165) is 0 Å². The third kappa shape index (κ3) is 7.36. The highest BCUT2D eigenvalue weighted by Gasteiger charge is 2.27. The molecule has 0 bridgehead atoms. The molecule has 8 nitrogen and oxygen atoms in total. The first-order valence-electron chi connectivity index (χ1n) is 9.02. The fourth-order valence-electron chi connectivity index (χ4n) is 2.45. The van der Waals surface area contributed by atoms with Crippen molar-refractivity contribution in [3.63, 3.8) is 0 Å². The molecule has 0 aromatic heterocycles. The van der Waals surface area contributed by atoms with Crippen LogP contribution in [0.5, 0.6) is 5.75 Å². The molecule has 0 fully saturated rings. The van der Waals surface area contributed by atoms with Gasteiger partial charge in [-0.15, -0.1) is 0 Å². The maximum Gasteiger partial charge on any atom is 0.324 e. The molecule has 0 saturated heterocycles. The van der Waals surface area contributed by atoms with Gasteiger partial charge in [-0.3, -0.25) is 9.59 Å². The SMILES string of the molecule is COc1cccc(NC(=O)COC(=O)C(CCSC)NS(=O)(=O)c2ccccc2)c1. The summed E-state index contributed by atoms with van der Waals surface area (Å²) in [6.45, 7) is -0.543. The van der Waals surface area contributed by atoms with E-state index < -0.39 is 34.5 Å². The Kier molecular flexibility index (Phi) is 9.15. The highest BCUT2D eigenvalue weighted by Crippen LogP contribution is 2.16. The van der Waals surface area contributed by atoms with Crippen LogP contribution in [0.4, 0.5) is 5.69 Å². The molecule has 2 N–H and O–H groups in total. The van der Waals surface area contributed by atoms with Gasteiger partial charge in [0.1, 0.15) is 11.8 Å². The van der Waals surface area contributed by atoms with E-state index in [4.69, 9.17) is 9.47 Å². The number of hydrogen-bond acceptors (Lipinski definition) is 7. The largest absolute Gasteiger partial charge is 0.497 e. The Balaban J connectivity index is 1.98. The molecule has 0 saturated carbocycles. The number of methoxy groups -OCH3 is 1. The summed E-state index contributed by atoms with van der Waals surface area (Å²) in [6.07, 6.45) is 2.07. The average molecular weight is 453 g/mol. The molecule has 0 aliphatic heterocycles. The van der Waals surface area contributed by atoms with Gasteiger partial charge in [-0.1, -0.05) is 24.3 Å². The van der Waals surface area contributed by atoms with Gasteiger partial charge >= 0.3 is 5.97 Å². The van der Waals surface area contributed by atoms with E-state index >= 15 is 0 Å². The molecule has 162 valence electrons. The third-order valence-electron chi connectivity index (χ3n) is 3.95. The average Bonchev–Trinajstić information content (AvgIpc) is 2.75. The van der Waals surface area contributed by atoms with Crippen LogP contribution in [0.2, 0.25) is 0 Å². The maximum absolute atomic E-state index is 12.5. The Bertz CT molecular complexity index is 951. The van der Waals surface area contributed by atoms with Crippen molar-refractivity contribution in [1.29, 1.82) is 0 Å². The fourth-order valence-corrected chi connectivity index (χ4v) is 4.16. The van der Waals surface area contributed by atoms with Gasteiger partial charge in [0, 0.05) is 11.8 Å². The second kappa shape index (κ2) is 11.6. The molecule has 2 aromatic carbocycles. The van der Waals surface area contributed by atoms with Crippen molar-refractivity contribution < 1.29 is 27.5 Å². The predicted molar refractivity (Wildman–Crippen MR) is 116 cm³/mol. The molecule has 0 spiro atoms. The van der Waals surface area contributed by atoms with E-state index in [2.05, 4.69) is 10.0 Å². The van der Waals surface area contributed by atoms with E-state index in [-0.39, 0.29) is 11.3 Å². The fraction of sp³-hybridized carbons (Fsp3) is 0.300. The number of benzene rings is 2. The number of thioether (sulfide) groups is 1. The summed E-state index contributed by atoms with van der Waals surface area (Å²) < 4.78 is 37.6. The minimum Gasteiger partial charge on any atom is -0.497 e. The van der Waals surface area contributed by atoms with Gasteiger partial charge in [0.15, 0.2) is 6.61 Å². The molecule has 0 heterocycles. The minimum absolute atomic E-state index is 0.0442. The quantitative estimate of drug-likeness (QED) is 0.503. The van der Waals surface area contributed by atoms with Gasteiger partial charge in [-0.2, -0.15) is 16.5 Å². The number of amides is 1. The number of anilines is 1. The first-order valence-corrected chi connectivity index (χ1v) is 11.9. The number of carbonyl (C=O) groups is 2. The number of sulfonamides is 1. The number of carbonyl (C=O) groups excluding carboxylic acids is 2. The van der Waals surface area contributed by atoms with Crippen LogP contribution >= 0.6 is 11.8 Å². The number of rotatable bonds is 11. The molecular formula is C20H24N2O6S2. The molecule has 1 amide bonds. The molecule has 1 atom stereocenters. The van der Waals surface area contributed by atoms with Crippen LogP contribution in [0, 0.1) is 0 Å². The van der Waals surface area contributed by atoms with Crippen LogP contribution in [-0.2, 0) is 24.3 Å². The lowest BCUT2D eigenvalue weighted by Gasteiger charge is -2.17. The molecular weight excluding hydrogens is 428 g/mol. The summed E-state index contributed by atoms with van der Waals surface area (Å²) in [6, 6.07) is 13.3. The smallest absolute Gasteiger partial charge is 0.324 e. The van der Waals surface area contributed by atoms with Gasteiger partial charge in [0.25, 0.3) is 5.91 Å².